The average molecular weight is 591 g/mol. The van der Waals surface area contributed by atoms with Gasteiger partial charge in [-0.3, -0.25) is 0 Å². The molecule has 0 aliphatic rings. The Kier molecular flexibility index (Phi) is 6.06. The van der Waals surface area contributed by atoms with Crippen molar-refractivity contribution in [3.05, 3.63) is 158 Å². The van der Waals surface area contributed by atoms with E-state index in [-0.39, 0.29) is 0 Å². The molecule has 5 nitrogen and oxygen atoms in total. The second-order valence-electron chi connectivity index (χ2n) is 11.3. The van der Waals surface area contributed by atoms with Crippen LogP contribution < -0.4 is 0 Å². The van der Waals surface area contributed by atoms with Crippen LogP contribution in [0.25, 0.3) is 83.9 Å². The van der Waals surface area contributed by atoms with Crippen LogP contribution in [-0.2, 0) is 0 Å². The van der Waals surface area contributed by atoms with E-state index in [9.17, 15) is 0 Å². The van der Waals surface area contributed by atoms with Crippen LogP contribution in [-0.4, -0.2) is 19.5 Å². The maximum Gasteiger partial charge on any atom is 0.227 e. The van der Waals surface area contributed by atoms with E-state index in [1.165, 1.54) is 0 Å². The van der Waals surface area contributed by atoms with Crippen LogP contribution in [0.5, 0.6) is 0 Å². The van der Waals surface area contributed by atoms with Gasteiger partial charge in [-0.25, -0.2) is 15.0 Å². The third-order valence-corrected chi connectivity index (χ3v) is 8.44. The first kappa shape index (κ1) is 26.1. The summed E-state index contributed by atoms with van der Waals surface area (Å²) in [6, 6.07) is 53.8. The fourth-order valence-corrected chi connectivity index (χ4v) is 6.29. The van der Waals surface area contributed by atoms with Gasteiger partial charge in [-0.2, -0.15) is 0 Å². The van der Waals surface area contributed by atoms with Crippen LogP contribution in [0.3, 0.4) is 0 Å². The van der Waals surface area contributed by atoms with Crippen molar-refractivity contribution in [3.8, 4) is 51.0 Å². The first-order valence-electron chi connectivity index (χ1n) is 15.3. The molecule has 5 heteroatoms. The summed E-state index contributed by atoms with van der Waals surface area (Å²) in [7, 11) is 0. The molecule has 6 aromatic carbocycles. The number of hydrogen-bond acceptors (Lipinski definition) is 4. The predicted molar refractivity (Wildman–Crippen MR) is 186 cm³/mol. The molecule has 0 bridgehead atoms. The summed E-state index contributed by atoms with van der Waals surface area (Å²) in [5, 5.41) is 2.15. The summed E-state index contributed by atoms with van der Waals surface area (Å²) < 4.78 is 8.77. The molecule has 9 aromatic rings. The van der Waals surface area contributed by atoms with Crippen LogP contribution in [0.1, 0.15) is 0 Å². The lowest BCUT2D eigenvalue weighted by atomic mass is 10.1. The Balaban J connectivity index is 1.24. The van der Waals surface area contributed by atoms with Gasteiger partial charge in [0.15, 0.2) is 11.4 Å². The molecular formula is C41H26N4O. The highest BCUT2D eigenvalue weighted by molar-refractivity contribution is 6.19. The van der Waals surface area contributed by atoms with Crippen LogP contribution in [0.15, 0.2) is 162 Å². The molecule has 0 radical (unpaired) electrons. The molecule has 0 unspecified atom stereocenters. The van der Waals surface area contributed by atoms with Gasteiger partial charge in [0.25, 0.3) is 0 Å². The fraction of sp³-hybridized carbons (Fsp3) is 0. The number of hydrogen-bond donors (Lipinski definition) is 0. The van der Waals surface area contributed by atoms with Crippen molar-refractivity contribution in [1.29, 1.82) is 0 Å². The molecule has 0 spiro atoms. The molecule has 0 aliphatic heterocycles. The number of nitrogens with zero attached hydrogens (tertiary/aromatic N) is 4. The number of benzene rings is 6. The fourth-order valence-electron chi connectivity index (χ4n) is 6.29. The topological polar surface area (TPSA) is 56.7 Å². The van der Waals surface area contributed by atoms with Crippen molar-refractivity contribution >= 4 is 32.9 Å². The normalized spacial score (nSPS) is 11.5. The van der Waals surface area contributed by atoms with Gasteiger partial charge >= 0.3 is 0 Å². The number of rotatable bonds is 5. The summed E-state index contributed by atoms with van der Waals surface area (Å²) in [5.41, 5.74) is 10.5. The Morgan fingerprint density at radius 1 is 0.457 bits per heavy atom. The highest BCUT2D eigenvalue weighted by Crippen LogP contribution is 2.39. The third kappa shape index (κ3) is 4.37. The number of fused-ring (bicyclic) bond motifs is 5. The molecule has 3 aromatic heterocycles. The van der Waals surface area contributed by atoms with Crippen molar-refractivity contribution in [3.63, 3.8) is 0 Å². The average Bonchev–Trinajstić information content (AvgIpc) is 3.72. The monoisotopic (exact) mass is 590 g/mol. The largest absolute Gasteiger partial charge is 0.435 e. The summed E-state index contributed by atoms with van der Waals surface area (Å²) >= 11 is 0. The molecule has 0 atom stereocenters. The van der Waals surface area contributed by atoms with Crippen LogP contribution in [0, 0.1) is 0 Å². The van der Waals surface area contributed by atoms with Gasteiger partial charge in [0.1, 0.15) is 5.52 Å². The van der Waals surface area contributed by atoms with Gasteiger partial charge in [0.2, 0.25) is 5.89 Å². The standard InChI is InChI=1S/C41H26N4O/c1-4-13-27(14-5-1)34-26-35(28-15-6-2-7-16-28)43-40(42-34)30-19-12-20-31(25-30)45-36-22-11-10-21-32(36)38-37(45)24-23-33-39(38)46-41(44-33)29-17-8-3-9-18-29/h1-26H. The zero-order chi connectivity index (χ0) is 30.5. The van der Waals surface area contributed by atoms with Gasteiger partial charge in [0, 0.05) is 33.3 Å². The van der Waals surface area contributed by atoms with Gasteiger partial charge < -0.3 is 8.98 Å². The summed E-state index contributed by atoms with van der Waals surface area (Å²) in [6.45, 7) is 0. The van der Waals surface area contributed by atoms with E-state index in [2.05, 4.69) is 89.5 Å². The lowest BCUT2D eigenvalue weighted by Crippen LogP contribution is -1.98. The maximum atomic E-state index is 6.48. The van der Waals surface area contributed by atoms with E-state index >= 15 is 0 Å². The Morgan fingerprint density at radius 3 is 1.76 bits per heavy atom. The Morgan fingerprint density at radius 2 is 1.07 bits per heavy atom. The zero-order valence-corrected chi connectivity index (χ0v) is 24.7. The molecule has 3 heterocycles. The minimum Gasteiger partial charge on any atom is -0.435 e. The molecule has 0 aliphatic carbocycles. The summed E-state index contributed by atoms with van der Waals surface area (Å²) in [6.07, 6.45) is 0. The van der Waals surface area contributed by atoms with E-state index < -0.39 is 0 Å². The molecule has 46 heavy (non-hydrogen) atoms. The van der Waals surface area contributed by atoms with Crippen LogP contribution >= 0.6 is 0 Å². The lowest BCUT2D eigenvalue weighted by molar-refractivity contribution is 0.623. The number of aromatic nitrogens is 4. The van der Waals surface area contributed by atoms with E-state index in [0.717, 1.165) is 72.2 Å². The second kappa shape index (κ2) is 10.7. The second-order valence-corrected chi connectivity index (χ2v) is 11.3. The molecule has 0 saturated heterocycles. The zero-order valence-electron chi connectivity index (χ0n) is 24.7. The van der Waals surface area contributed by atoms with Crippen LogP contribution in [0.4, 0.5) is 0 Å². The van der Waals surface area contributed by atoms with Crippen molar-refractivity contribution in [2.45, 2.75) is 0 Å². The van der Waals surface area contributed by atoms with Gasteiger partial charge in [-0.05, 0) is 48.5 Å². The molecule has 0 amide bonds. The smallest absolute Gasteiger partial charge is 0.227 e. The van der Waals surface area contributed by atoms with Crippen molar-refractivity contribution in [2.75, 3.05) is 0 Å². The molecule has 0 fully saturated rings. The van der Waals surface area contributed by atoms with Crippen molar-refractivity contribution < 1.29 is 4.42 Å². The summed E-state index contributed by atoms with van der Waals surface area (Å²) in [4.78, 5) is 15.0. The lowest BCUT2D eigenvalue weighted by Gasteiger charge is -2.12. The quantitative estimate of drug-likeness (QED) is 0.200. The minimum atomic E-state index is 0.617. The Bertz CT molecular complexity index is 2460. The first-order valence-corrected chi connectivity index (χ1v) is 15.3. The van der Waals surface area contributed by atoms with E-state index in [0.29, 0.717) is 11.7 Å². The molecule has 0 saturated carbocycles. The summed E-state index contributed by atoms with van der Waals surface area (Å²) in [5.74, 6) is 1.29. The highest BCUT2D eigenvalue weighted by atomic mass is 16.3. The molecular weight excluding hydrogens is 564 g/mol. The van der Waals surface area contributed by atoms with E-state index in [1.807, 2.05) is 72.8 Å². The van der Waals surface area contributed by atoms with Crippen molar-refractivity contribution in [2.24, 2.45) is 0 Å². The molecule has 0 N–H and O–H groups in total. The van der Waals surface area contributed by atoms with Gasteiger partial charge in [-0.15, -0.1) is 0 Å². The number of para-hydroxylation sites is 1. The molecule has 9 rings (SSSR count). The van der Waals surface area contributed by atoms with Gasteiger partial charge in [0.05, 0.1) is 27.8 Å². The molecule has 216 valence electrons. The third-order valence-electron chi connectivity index (χ3n) is 8.44. The highest BCUT2D eigenvalue weighted by Gasteiger charge is 2.19. The maximum absolute atomic E-state index is 6.48. The van der Waals surface area contributed by atoms with E-state index in [4.69, 9.17) is 19.4 Å². The van der Waals surface area contributed by atoms with Gasteiger partial charge in [-0.1, -0.05) is 109 Å². The number of oxazole rings is 1. The van der Waals surface area contributed by atoms with Crippen LogP contribution in [0.2, 0.25) is 0 Å². The first-order chi connectivity index (χ1) is 22.8. The Hall–Kier alpha value is -6.33. The van der Waals surface area contributed by atoms with E-state index in [1.54, 1.807) is 0 Å². The Labute approximate surface area is 265 Å². The minimum absolute atomic E-state index is 0.617. The SMILES string of the molecule is c1ccc(-c2cc(-c3ccccc3)nc(-c3cccc(-n4c5ccccc5c5c6oc(-c7ccccc7)nc6ccc54)c3)n2)cc1. The predicted octanol–water partition coefficient (Wildman–Crippen LogP) is 10.4. The van der Waals surface area contributed by atoms with Crippen molar-refractivity contribution in [1.82, 2.24) is 19.5 Å².